The van der Waals surface area contributed by atoms with Crippen molar-refractivity contribution in [3.05, 3.63) is 26.2 Å². The molecule has 5 heteroatoms. The Morgan fingerprint density at radius 1 is 1.71 bits per heavy atom. The third-order valence-corrected chi connectivity index (χ3v) is 2.83. The molecule has 14 heavy (non-hydrogen) atoms. The highest BCUT2D eigenvalue weighted by Crippen LogP contribution is 2.12. The largest absolute Gasteiger partial charge is 0.376 e. The number of ether oxygens (including phenoxy) is 1. The zero-order valence-corrected chi connectivity index (χ0v) is 9.81. The first kappa shape index (κ1) is 10.1. The molecule has 4 nitrogen and oxygen atoms in total. The number of hydrogen-bond acceptors (Lipinski definition) is 3. The summed E-state index contributed by atoms with van der Waals surface area (Å²) in [6.07, 6.45) is 3.97. The third-order valence-electron chi connectivity index (χ3n) is 2.24. The Bertz CT molecular complexity index is 371. The van der Waals surface area contributed by atoms with E-state index in [2.05, 4.69) is 27.7 Å². The van der Waals surface area contributed by atoms with E-state index in [4.69, 9.17) is 4.74 Å². The summed E-state index contributed by atoms with van der Waals surface area (Å²) in [7, 11) is 0. The SMILES string of the molecule is O=c1cc(I)cnn1CC1CCCO1. The van der Waals surface area contributed by atoms with Crippen molar-refractivity contribution in [3.8, 4) is 0 Å². The van der Waals surface area contributed by atoms with Crippen LogP contribution >= 0.6 is 22.6 Å². The number of rotatable bonds is 2. The molecule has 1 unspecified atom stereocenters. The van der Waals surface area contributed by atoms with E-state index in [9.17, 15) is 4.79 Å². The molecule has 0 aromatic carbocycles. The summed E-state index contributed by atoms with van der Waals surface area (Å²) in [6.45, 7) is 1.39. The lowest BCUT2D eigenvalue weighted by atomic mass is 10.2. The molecular weight excluding hydrogens is 295 g/mol. The molecule has 0 spiro atoms. The van der Waals surface area contributed by atoms with Gasteiger partial charge in [-0.15, -0.1) is 0 Å². The maximum absolute atomic E-state index is 11.5. The average Bonchev–Trinajstić information content (AvgIpc) is 2.62. The highest BCUT2D eigenvalue weighted by molar-refractivity contribution is 14.1. The summed E-state index contributed by atoms with van der Waals surface area (Å²) in [5.74, 6) is 0. The molecule has 1 fully saturated rings. The zero-order chi connectivity index (χ0) is 9.97. The summed E-state index contributed by atoms with van der Waals surface area (Å²) in [5, 5.41) is 4.06. The summed E-state index contributed by atoms with van der Waals surface area (Å²) < 4.78 is 7.78. The fourth-order valence-electron chi connectivity index (χ4n) is 1.53. The Balaban J connectivity index is 2.12. The summed E-state index contributed by atoms with van der Waals surface area (Å²) in [4.78, 5) is 11.5. The minimum absolute atomic E-state index is 0.0487. The van der Waals surface area contributed by atoms with Gasteiger partial charge in [0.25, 0.3) is 5.56 Å². The van der Waals surface area contributed by atoms with Crippen LogP contribution in [0.25, 0.3) is 0 Å². The second kappa shape index (κ2) is 4.39. The quantitative estimate of drug-likeness (QED) is 0.767. The molecule has 0 aliphatic carbocycles. The van der Waals surface area contributed by atoms with Gasteiger partial charge in [0.1, 0.15) is 0 Å². The molecule has 1 aliphatic heterocycles. The van der Waals surface area contributed by atoms with Crippen LogP contribution in [0, 0.1) is 3.57 Å². The van der Waals surface area contributed by atoms with E-state index in [0.29, 0.717) is 6.54 Å². The lowest BCUT2D eigenvalue weighted by molar-refractivity contribution is 0.0926. The van der Waals surface area contributed by atoms with E-state index >= 15 is 0 Å². The van der Waals surface area contributed by atoms with Crippen molar-refractivity contribution in [2.24, 2.45) is 0 Å². The van der Waals surface area contributed by atoms with Crippen LogP contribution in [0.1, 0.15) is 12.8 Å². The van der Waals surface area contributed by atoms with Crippen LogP contribution in [0.4, 0.5) is 0 Å². The molecule has 76 valence electrons. The van der Waals surface area contributed by atoms with E-state index in [1.807, 2.05) is 0 Å². The highest BCUT2D eigenvalue weighted by atomic mass is 127. The Morgan fingerprint density at radius 2 is 2.57 bits per heavy atom. The standard InChI is InChI=1S/C9H11IN2O2/c10-7-4-9(13)12(11-5-7)6-8-2-1-3-14-8/h4-5,8H,1-3,6H2. The molecule has 0 saturated carbocycles. The Morgan fingerprint density at radius 3 is 3.21 bits per heavy atom. The Labute approximate surface area is 95.4 Å². The van der Waals surface area contributed by atoms with E-state index in [1.165, 1.54) is 4.68 Å². The van der Waals surface area contributed by atoms with E-state index < -0.39 is 0 Å². The van der Waals surface area contributed by atoms with Gasteiger partial charge < -0.3 is 4.74 Å². The van der Waals surface area contributed by atoms with Crippen molar-refractivity contribution >= 4 is 22.6 Å². The van der Waals surface area contributed by atoms with Gasteiger partial charge in [0.2, 0.25) is 0 Å². The molecule has 0 bridgehead atoms. The first-order chi connectivity index (χ1) is 6.75. The van der Waals surface area contributed by atoms with Crippen LogP contribution in [-0.4, -0.2) is 22.5 Å². The van der Waals surface area contributed by atoms with Gasteiger partial charge in [-0.3, -0.25) is 4.79 Å². The molecule has 0 N–H and O–H groups in total. The summed E-state index contributed by atoms with van der Waals surface area (Å²) >= 11 is 2.08. The van der Waals surface area contributed by atoms with Gasteiger partial charge in [-0.2, -0.15) is 5.10 Å². The highest BCUT2D eigenvalue weighted by Gasteiger charge is 2.16. The lowest BCUT2D eigenvalue weighted by Crippen LogP contribution is -2.28. The number of hydrogen-bond donors (Lipinski definition) is 0. The average molecular weight is 306 g/mol. The maximum Gasteiger partial charge on any atom is 0.267 e. The minimum atomic E-state index is -0.0487. The molecule has 1 atom stereocenters. The van der Waals surface area contributed by atoms with Crippen molar-refractivity contribution in [2.75, 3.05) is 6.61 Å². The van der Waals surface area contributed by atoms with Gasteiger partial charge >= 0.3 is 0 Å². The normalized spacial score (nSPS) is 21.4. The van der Waals surface area contributed by atoms with Gasteiger partial charge in [-0.1, -0.05) is 0 Å². The fraction of sp³-hybridized carbons (Fsp3) is 0.556. The van der Waals surface area contributed by atoms with Gasteiger partial charge in [-0.25, -0.2) is 4.68 Å². The summed E-state index contributed by atoms with van der Waals surface area (Å²) in [6, 6.07) is 1.59. The number of nitrogens with zero attached hydrogens (tertiary/aromatic N) is 2. The minimum Gasteiger partial charge on any atom is -0.376 e. The molecular formula is C9H11IN2O2. The van der Waals surface area contributed by atoms with Gasteiger partial charge in [0, 0.05) is 16.2 Å². The van der Waals surface area contributed by atoms with Crippen molar-refractivity contribution in [3.63, 3.8) is 0 Å². The van der Waals surface area contributed by atoms with Crippen LogP contribution in [0.3, 0.4) is 0 Å². The molecule has 2 heterocycles. The van der Waals surface area contributed by atoms with Gasteiger partial charge in [0.15, 0.2) is 0 Å². The molecule has 0 radical (unpaired) electrons. The van der Waals surface area contributed by atoms with Crippen LogP contribution < -0.4 is 5.56 Å². The van der Waals surface area contributed by atoms with Crippen molar-refractivity contribution in [1.29, 1.82) is 0 Å². The summed E-state index contributed by atoms with van der Waals surface area (Å²) in [5.41, 5.74) is -0.0487. The Kier molecular flexibility index (Phi) is 3.17. The molecule has 1 aliphatic rings. The predicted molar refractivity (Wildman–Crippen MR) is 60.2 cm³/mol. The molecule has 0 amide bonds. The van der Waals surface area contributed by atoms with Crippen LogP contribution in [0.2, 0.25) is 0 Å². The van der Waals surface area contributed by atoms with E-state index in [0.717, 1.165) is 23.0 Å². The second-order valence-electron chi connectivity index (χ2n) is 3.33. The smallest absolute Gasteiger partial charge is 0.267 e. The third kappa shape index (κ3) is 2.33. The lowest BCUT2D eigenvalue weighted by Gasteiger charge is -2.09. The molecule has 1 saturated heterocycles. The van der Waals surface area contributed by atoms with E-state index in [1.54, 1.807) is 12.3 Å². The second-order valence-corrected chi connectivity index (χ2v) is 4.57. The first-order valence-electron chi connectivity index (χ1n) is 4.60. The van der Waals surface area contributed by atoms with Crippen molar-refractivity contribution in [2.45, 2.75) is 25.5 Å². The topological polar surface area (TPSA) is 44.1 Å². The zero-order valence-electron chi connectivity index (χ0n) is 7.65. The van der Waals surface area contributed by atoms with Crippen molar-refractivity contribution in [1.82, 2.24) is 9.78 Å². The van der Waals surface area contributed by atoms with Gasteiger partial charge in [0.05, 0.1) is 18.8 Å². The molecule has 1 aromatic heterocycles. The molecule has 2 rings (SSSR count). The number of aromatic nitrogens is 2. The molecule has 1 aromatic rings. The van der Waals surface area contributed by atoms with Crippen molar-refractivity contribution < 1.29 is 4.74 Å². The maximum atomic E-state index is 11.5. The van der Waals surface area contributed by atoms with Crippen LogP contribution in [0.15, 0.2) is 17.1 Å². The van der Waals surface area contributed by atoms with Crippen LogP contribution in [0.5, 0.6) is 0 Å². The predicted octanol–water partition coefficient (Wildman–Crippen LogP) is 1.03. The fourth-order valence-corrected chi connectivity index (χ4v) is 1.92. The first-order valence-corrected chi connectivity index (χ1v) is 5.68. The monoisotopic (exact) mass is 306 g/mol. The Hall–Kier alpha value is -0.430. The van der Waals surface area contributed by atoms with Crippen LogP contribution in [-0.2, 0) is 11.3 Å². The van der Waals surface area contributed by atoms with Gasteiger partial charge in [-0.05, 0) is 35.4 Å². The van der Waals surface area contributed by atoms with E-state index in [-0.39, 0.29) is 11.7 Å². The number of halogens is 1.